The van der Waals surface area contributed by atoms with Gasteiger partial charge in [-0.2, -0.15) is 0 Å². The number of sulfonamides is 2. The third-order valence-corrected chi connectivity index (χ3v) is 7.85. The molecule has 0 amide bonds. The Morgan fingerprint density at radius 1 is 0.923 bits per heavy atom. The predicted octanol–water partition coefficient (Wildman–Crippen LogP) is 1.34. The molecule has 0 aromatic heterocycles. The van der Waals surface area contributed by atoms with Crippen molar-refractivity contribution < 1.29 is 16.8 Å². The first-order valence-electron chi connectivity index (χ1n) is 8.66. The van der Waals surface area contributed by atoms with Gasteiger partial charge in [0.25, 0.3) is 0 Å². The highest BCUT2D eigenvalue weighted by molar-refractivity contribution is 7.90. The minimum atomic E-state index is -3.80. The molecule has 2 fully saturated rings. The Labute approximate surface area is 161 Å². The zero-order chi connectivity index (χ0) is 18.1. The molecule has 0 saturated heterocycles. The van der Waals surface area contributed by atoms with Gasteiger partial charge in [0.05, 0.1) is 9.79 Å². The number of rotatable bonds is 7. The van der Waals surface area contributed by atoms with Crippen LogP contribution in [0.25, 0.3) is 0 Å². The number of nitrogens with one attached hydrogen (secondary N) is 2. The lowest BCUT2D eigenvalue weighted by Gasteiger charge is -2.31. The second kappa shape index (κ2) is 8.53. The summed E-state index contributed by atoms with van der Waals surface area (Å²) in [5, 5.41) is 0. The molecule has 0 heterocycles. The minimum Gasteiger partial charge on any atom is -0.330 e. The van der Waals surface area contributed by atoms with Gasteiger partial charge in [0.15, 0.2) is 0 Å². The van der Waals surface area contributed by atoms with E-state index in [1.807, 2.05) is 0 Å². The Balaban J connectivity index is 0.00000243. The maximum atomic E-state index is 12.7. The first kappa shape index (κ1) is 21.6. The Hall–Kier alpha value is -0.710. The van der Waals surface area contributed by atoms with Crippen LogP contribution >= 0.6 is 12.4 Å². The van der Waals surface area contributed by atoms with Crippen LogP contribution in [-0.4, -0.2) is 35.5 Å². The highest BCUT2D eigenvalue weighted by atomic mass is 35.5. The molecule has 7 nitrogen and oxygen atoms in total. The standard InChI is InChI=1S/C16H25N3O4S2.ClH/c17-11-12-4-1-2-7-16(12)19-25(22,23)15-6-3-5-14(10-15)24(20,21)18-13-8-9-13;/h3,5-6,10,12-13,16,18-19H,1-2,4,7-9,11,17H2;1H. The molecule has 2 aliphatic carbocycles. The Kier molecular flexibility index (Phi) is 7.09. The highest BCUT2D eigenvalue weighted by Gasteiger charge is 2.31. The smallest absolute Gasteiger partial charge is 0.240 e. The van der Waals surface area contributed by atoms with Gasteiger partial charge in [0.1, 0.15) is 0 Å². The molecule has 3 rings (SSSR count). The van der Waals surface area contributed by atoms with Crippen molar-refractivity contribution in [3.8, 4) is 0 Å². The van der Waals surface area contributed by atoms with Crippen LogP contribution in [0.5, 0.6) is 0 Å². The molecular formula is C16H26ClN3O4S2. The summed E-state index contributed by atoms with van der Waals surface area (Å²) in [5.41, 5.74) is 5.76. The van der Waals surface area contributed by atoms with E-state index in [0.717, 1.165) is 38.5 Å². The summed E-state index contributed by atoms with van der Waals surface area (Å²) < 4.78 is 55.3. The van der Waals surface area contributed by atoms with Crippen LogP contribution in [0.1, 0.15) is 38.5 Å². The second-order valence-corrected chi connectivity index (χ2v) is 10.3. The first-order chi connectivity index (χ1) is 11.8. The molecule has 1 aromatic rings. The maximum Gasteiger partial charge on any atom is 0.240 e. The van der Waals surface area contributed by atoms with E-state index in [-0.39, 0.29) is 40.2 Å². The summed E-state index contributed by atoms with van der Waals surface area (Å²) in [7, 11) is -7.49. The number of halogens is 1. The second-order valence-electron chi connectivity index (χ2n) is 6.88. The number of hydrogen-bond acceptors (Lipinski definition) is 5. The first-order valence-corrected chi connectivity index (χ1v) is 11.6. The van der Waals surface area contributed by atoms with Crippen LogP contribution in [0, 0.1) is 5.92 Å². The quantitative estimate of drug-likeness (QED) is 0.611. The van der Waals surface area contributed by atoms with Crippen LogP contribution in [0.2, 0.25) is 0 Å². The van der Waals surface area contributed by atoms with Crippen LogP contribution in [0.4, 0.5) is 0 Å². The molecule has 2 atom stereocenters. The lowest BCUT2D eigenvalue weighted by molar-refractivity contribution is 0.296. The van der Waals surface area contributed by atoms with E-state index in [0.29, 0.717) is 6.54 Å². The number of benzene rings is 1. The van der Waals surface area contributed by atoms with Gasteiger partial charge in [-0.1, -0.05) is 18.9 Å². The molecular weight excluding hydrogens is 398 g/mol. The van der Waals surface area contributed by atoms with Crippen molar-refractivity contribution in [3.05, 3.63) is 24.3 Å². The lowest BCUT2D eigenvalue weighted by atomic mass is 9.85. The highest BCUT2D eigenvalue weighted by Crippen LogP contribution is 2.26. The molecule has 10 heteroatoms. The molecule has 0 aliphatic heterocycles. The van der Waals surface area contributed by atoms with Crippen LogP contribution < -0.4 is 15.2 Å². The van der Waals surface area contributed by atoms with Gasteiger partial charge < -0.3 is 5.73 Å². The molecule has 0 bridgehead atoms. The van der Waals surface area contributed by atoms with Gasteiger partial charge in [-0.15, -0.1) is 12.4 Å². The van der Waals surface area contributed by atoms with E-state index < -0.39 is 20.0 Å². The van der Waals surface area contributed by atoms with E-state index in [4.69, 9.17) is 5.73 Å². The topological polar surface area (TPSA) is 118 Å². The molecule has 2 saturated carbocycles. The van der Waals surface area contributed by atoms with Crippen molar-refractivity contribution in [1.82, 2.24) is 9.44 Å². The normalized spacial score (nSPS) is 24.0. The third-order valence-electron chi connectivity index (χ3n) is 4.84. The number of nitrogens with two attached hydrogens (primary N) is 1. The average molecular weight is 424 g/mol. The average Bonchev–Trinajstić information content (AvgIpc) is 3.38. The molecule has 0 spiro atoms. The van der Waals surface area contributed by atoms with Crippen LogP contribution in [0.15, 0.2) is 34.1 Å². The zero-order valence-electron chi connectivity index (χ0n) is 14.4. The SMILES string of the molecule is Cl.NCC1CCCCC1NS(=O)(=O)c1cccc(S(=O)(=O)NC2CC2)c1. The van der Waals surface area contributed by atoms with Gasteiger partial charge >= 0.3 is 0 Å². The van der Waals surface area contributed by atoms with Crippen molar-refractivity contribution in [2.45, 2.75) is 60.4 Å². The molecule has 2 unspecified atom stereocenters. The Morgan fingerprint density at radius 2 is 1.50 bits per heavy atom. The van der Waals surface area contributed by atoms with Gasteiger partial charge in [-0.05, 0) is 56.3 Å². The fourth-order valence-electron chi connectivity index (χ4n) is 3.21. The monoisotopic (exact) mass is 423 g/mol. The van der Waals surface area contributed by atoms with Crippen LogP contribution in [0.3, 0.4) is 0 Å². The van der Waals surface area contributed by atoms with Gasteiger partial charge in [-0.3, -0.25) is 0 Å². The summed E-state index contributed by atoms with van der Waals surface area (Å²) in [6.45, 7) is 0.437. The van der Waals surface area contributed by atoms with E-state index in [1.54, 1.807) is 0 Å². The van der Waals surface area contributed by atoms with Gasteiger partial charge in [0.2, 0.25) is 20.0 Å². The maximum absolute atomic E-state index is 12.7. The van der Waals surface area contributed by atoms with Crippen molar-refractivity contribution in [1.29, 1.82) is 0 Å². The number of hydrogen-bond donors (Lipinski definition) is 3. The van der Waals surface area contributed by atoms with Gasteiger partial charge in [0, 0.05) is 12.1 Å². The van der Waals surface area contributed by atoms with Crippen molar-refractivity contribution in [2.24, 2.45) is 11.7 Å². The van der Waals surface area contributed by atoms with Gasteiger partial charge in [-0.25, -0.2) is 26.3 Å². The Bertz CT molecular complexity index is 826. The molecule has 26 heavy (non-hydrogen) atoms. The van der Waals surface area contributed by atoms with E-state index >= 15 is 0 Å². The minimum absolute atomic E-state index is 0. The summed E-state index contributed by atoms with van der Waals surface area (Å²) >= 11 is 0. The molecule has 1 aromatic carbocycles. The van der Waals surface area contributed by atoms with E-state index in [9.17, 15) is 16.8 Å². The van der Waals surface area contributed by atoms with E-state index in [2.05, 4.69) is 9.44 Å². The molecule has 0 radical (unpaired) electrons. The summed E-state index contributed by atoms with van der Waals surface area (Å²) in [6, 6.07) is 5.26. The van der Waals surface area contributed by atoms with Crippen molar-refractivity contribution >= 4 is 32.5 Å². The van der Waals surface area contributed by atoms with E-state index in [1.165, 1.54) is 24.3 Å². The van der Waals surface area contributed by atoms with Crippen molar-refractivity contribution in [3.63, 3.8) is 0 Å². The lowest BCUT2D eigenvalue weighted by Crippen LogP contribution is -2.44. The molecule has 148 valence electrons. The molecule has 2 aliphatic rings. The Morgan fingerprint density at radius 3 is 2.08 bits per heavy atom. The summed E-state index contributed by atoms with van der Waals surface area (Å²) in [6.07, 6.45) is 5.32. The van der Waals surface area contributed by atoms with Crippen molar-refractivity contribution in [2.75, 3.05) is 6.54 Å². The molecule has 4 N–H and O–H groups in total. The zero-order valence-corrected chi connectivity index (χ0v) is 16.9. The van der Waals surface area contributed by atoms with Crippen LogP contribution in [-0.2, 0) is 20.0 Å². The predicted molar refractivity (Wildman–Crippen MR) is 102 cm³/mol. The fraction of sp³-hybridized carbons (Fsp3) is 0.625. The largest absolute Gasteiger partial charge is 0.330 e. The fourth-order valence-corrected chi connectivity index (χ4v) is 6.02. The third kappa shape index (κ3) is 5.17. The summed E-state index contributed by atoms with van der Waals surface area (Å²) in [4.78, 5) is -0.0613. The summed E-state index contributed by atoms with van der Waals surface area (Å²) in [5.74, 6) is 0.118.